The Morgan fingerprint density at radius 1 is 0.477 bits per heavy atom. The fourth-order valence-corrected chi connectivity index (χ4v) is 4.59. The van der Waals surface area contributed by atoms with Gasteiger partial charge in [-0.15, -0.1) is 20.4 Å². The number of nitrogens with zero attached hydrogens (tertiary/aromatic N) is 4. The molecule has 0 bridgehead atoms. The molecule has 0 aliphatic heterocycles. The first-order valence-electron chi connectivity index (χ1n) is 13.2. The van der Waals surface area contributed by atoms with Gasteiger partial charge >= 0.3 is 12.4 Å². The largest absolute Gasteiger partial charge is 0.416 e. The first kappa shape index (κ1) is 28.8. The third-order valence-electron chi connectivity index (χ3n) is 7.04. The maximum absolute atomic E-state index is 13.1. The minimum atomic E-state index is -4.49. The zero-order valence-electron chi connectivity index (χ0n) is 22.7. The van der Waals surface area contributed by atoms with Crippen molar-refractivity contribution in [2.24, 2.45) is 0 Å². The Balaban J connectivity index is 1.15. The lowest BCUT2D eigenvalue weighted by Gasteiger charge is -2.13. The monoisotopic (exact) mass is 606 g/mol. The number of halogens is 6. The number of hydrogen-bond donors (Lipinski definition) is 0. The van der Waals surface area contributed by atoms with Crippen molar-refractivity contribution < 1.29 is 35.2 Å². The molecule has 0 saturated carbocycles. The van der Waals surface area contributed by atoms with E-state index in [1.807, 2.05) is 31.2 Å². The molecule has 12 heteroatoms. The second-order valence-electron chi connectivity index (χ2n) is 9.95. The van der Waals surface area contributed by atoms with Gasteiger partial charge in [-0.1, -0.05) is 43.3 Å². The van der Waals surface area contributed by atoms with Crippen molar-refractivity contribution in [3.63, 3.8) is 0 Å². The SMILES string of the molecule is CC(c1ccc(-c2nnc(-c3cccc(C(F)(F)F)c3)o2)cc1)c1ccc(-c2nnc(-c3cccc(C(F)(F)F)c3)o2)cc1. The molecule has 0 unspecified atom stereocenters. The van der Waals surface area contributed by atoms with Crippen LogP contribution in [0.4, 0.5) is 26.3 Å². The highest BCUT2D eigenvalue weighted by molar-refractivity contribution is 5.61. The summed E-state index contributed by atoms with van der Waals surface area (Å²) in [4.78, 5) is 0. The van der Waals surface area contributed by atoms with Gasteiger partial charge in [0.25, 0.3) is 0 Å². The van der Waals surface area contributed by atoms with E-state index in [4.69, 9.17) is 8.83 Å². The third kappa shape index (κ3) is 5.96. The Kier molecular flexibility index (Phi) is 7.28. The maximum atomic E-state index is 13.1. The summed E-state index contributed by atoms with van der Waals surface area (Å²) < 4.78 is 89.7. The number of rotatable bonds is 6. The van der Waals surface area contributed by atoms with Crippen LogP contribution in [0.2, 0.25) is 0 Å². The summed E-state index contributed by atoms with van der Waals surface area (Å²) in [6.07, 6.45) is -8.98. The molecule has 0 aliphatic rings. The summed E-state index contributed by atoms with van der Waals surface area (Å²) >= 11 is 0. The van der Waals surface area contributed by atoms with Gasteiger partial charge < -0.3 is 8.83 Å². The summed E-state index contributed by atoms with van der Waals surface area (Å²) in [6, 6.07) is 24.1. The van der Waals surface area contributed by atoms with Gasteiger partial charge in [0.1, 0.15) is 0 Å². The lowest BCUT2D eigenvalue weighted by atomic mass is 9.92. The minimum absolute atomic E-state index is 0.0215. The highest BCUT2D eigenvalue weighted by Gasteiger charge is 2.32. The van der Waals surface area contributed by atoms with Crippen LogP contribution in [0.3, 0.4) is 0 Å². The van der Waals surface area contributed by atoms with E-state index in [0.29, 0.717) is 11.1 Å². The molecule has 2 aromatic heterocycles. The molecule has 0 spiro atoms. The van der Waals surface area contributed by atoms with Gasteiger partial charge in [-0.2, -0.15) is 26.3 Å². The summed E-state index contributed by atoms with van der Waals surface area (Å²) in [7, 11) is 0. The van der Waals surface area contributed by atoms with Gasteiger partial charge in [0.15, 0.2) is 0 Å². The zero-order valence-corrected chi connectivity index (χ0v) is 22.7. The van der Waals surface area contributed by atoms with Crippen LogP contribution in [0, 0.1) is 0 Å². The Bertz CT molecular complexity index is 1770. The molecular weight excluding hydrogens is 586 g/mol. The number of aromatic nitrogens is 4. The van der Waals surface area contributed by atoms with Crippen LogP contribution in [0.1, 0.15) is 35.1 Å². The Hall–Kier alpha value is -5.26. The van der Waals surface area contributed by atoms with E-state index in [1.54, 1.807) is 24.3 Å². The predicted molar refractivity (Wildman–Crippen MR) is 148 cm³/mol. The van der Waals surface area contributed by atoms with Crippen molar-refractivity contribution >= 4 is 0 Å². The summed E-state index contributed by atoms with van der Waals surface area (Å²) in [6.45, 7) is 2.01. The maximum Gasteiger partial charge on any atom is 0.416 e. The first-order chi connectivity index (χ1) is 21.0. The quantitative estimate of drug-likeness (QED) is 0.176. The van der Waals surface area contributed by atoms with Crippen molar-refractivity contribution in [1.29, 1.82) is 0 Å². The normalized spacial score (nSPS) is 12.2. The van der Waals surface area contributed by atoms with E-state index < -0.39 is 23.5 Å². The lowest BCUT2D eigenvalue weighted by Crippen LogP contribution is -2.04. The minimum Gasteiger partial charge on any atom is -0.416 e. The molecule has 0 saturated heterocycles. The van der Waals surface area contributed by atoms with Crippen LogP contribution < -0.4 is 0 Å². The highest BCUT2D eigenvalue weighted by atomic mass is 19.4. The average molecular weight is 607 g/mol. The summed E-state index contributed by atoms with van der Waals surface area (Å²) in [5, 5.41) is 15.8. The highest BCUT2D eigenvalue weighted by Crippen LogP contribution is 2.35. The summed E-state index contributed by atoms with van der Waals surface area (Å²) in [5.41, 5.74) is 1.88. The van der Waals surface area contributed by atoms with Crippen LogP contribution in [-0.2, 0) is 12.4 Å². The first-order valence-corrected chi connectivity index (χ1v) is 13.2. The van der Waals surface area contributed by atoms with Crippen molar-refractivity contribution in [2.45, 2.75) is 25.2 Å². The molecule has 44 heavy (non-hydrogen) atoms. The van der Waals surface area contributed by atoms with Crippen LogP contribution in [0.15, 0.2) is 106 Å². The average Bonchev–Trinajstić information content (AvgIpc) is 3.72. The molecule has 6 nitrogen and oxygen atoms in total. The van der Waals surface area contributed by atoms with Gasteiger partial charge in [-0.25, -0.2) is 0 Å². The van der Waals surface area contributed by atoms with E-state index in [-0.39, 0.29) is 40.6 Å². The molecule has 0 N–H and O–H groups in total. The second kappa shape index (κ2) is 11.1. The number of alkyl halides is 6. The molecule has 0 atom stereocenters. The van der Waals surface area contributed by atoms with E-state index in [1.165, 1.54) is 24.3 Å². The lowest BCUT2D eigenvalue weighted by molar-refractivity contribution is -0.138. The van der Waals surface area contributed by atoms with Gasteiger partial charge in [0, 0.05) is 28.2 Å². The molecule has 0 aliphatic carbocycles. The standard InChI is InChI=1S/C32H20F6N4O2/c1-18(19-8-12-21(13-9-19)27-39-41-29(43-27)23-4-2-6-25(16-23)31(33,34)35)20-10-14-22(15-11-20)28-40-42-30(44-28)24-5-3-7-26(17-24)32(36,37)38/h2-18H,1H3. The molecule has 6 aromatic rings. The van der Waals surface area contributed by atoms with Crippen molar-refractivity contribution in [3.8, 4) is 45.8 Å². The third-order valence-corrected chi connectivity index (χ3v) is 7.04. The molecule has 2 heterocycles. The van der Waals surface area contributed by atoms with E-state index in [0.717, 1.165) is 35.4 Å². The topological polar surface area (TPSA) is 77.8 Å². The molecule has 0 fully saturated rings. The van der Waals surface area contributed by atoms with Crippen molar-refractivity contribution in [2.75, 3.05) is 0 Å². The van der Waals surface area contributed by atoms with E-state index in [2.05, 4.69) is 20.4 Å². The molecular formula is C32H20F6N4O2. The molecule has 0 radical (unpaired) electrons. The van der Waals surface area contributed by atoms with Crippen LogP contribution in [-0.4, -0.2) is 20.4 Å². The Labute approximate surface area is 246 Å². The van der Waals surface area contributed by atoms with E-state index >= 15 is 0 Å². The van der Waals surface area contributed by atoms with Crippen LogP contribution >= 0.6 is 0 Å². The fraction of sp³-hybridized carbons (Fsp3) is 0.125. The summed E-state index contributed by atoms with van der Waals surface area (Å²) in [5.74, 6) is 0.276. The molecule has 0 amide bonds. The fourth-order valence-electron chi connectivity index (χ4n) is 4.59. The Morgan fingerprint density at radius 3 is 1.16 bits per heavy atom. The van der Waals surface area contributed by atoms with Gasteiger partial charge in [0.05, 0.1) is 11.1 Å². The Morgan fingerprint density at radius 2 is 0.818 bits per heavy atom. The van der Waals surface area contributed by atoms with Crippen molar-refractivity contribution in [3.05, 3.63) is 119 Å². The van der Waals surface area contributed by atoms with Crippen molar-refractivity contribution in [1.82, 2.24) is 20.4 Å². The number of benzene rings is 4. The van der Waals surface area contributed by atoms with E-state index in [9.17, 15) is 26.3 Å². The smallest absolute Gasteiger partial charge is 0.416 e. The predicted octanol–water partition coefficient (Wildman–Crippen LogP) is 9.31. The molecule has 222 valence electrons. The second-order valence-corrected chi connectivity index (χ2v) is 9.95. The van der Waals surface area contributed by atoms with Crippen LogP contribution in [0.5, 0.6) is 0 Å². The number of hydrogen-bond acceptors (Lipinski definition) is 6. The molecule has 4 aromatic carbocycles. The van der Waals surface area contributed by atoms with Crippen LogP contribution in [0.25, 0.3) is 45.8 Å². The van der Waals surface area contributed by atoms with Gasteiger partial charge in [-0.3, -0.25) is 0 Å². The zero-order chi connectivity index (χ0) is 31.1. The molecule has 6 rings (SSSR count). The van der Waals surface area contributed by atoms with Gasteiger partial charge in [-0.05, 0) is 71.8 Å². The van der Waals surface area contributed by atoms with Gasteiger partial charge in [0.2, 0.25) is 23.6 Å².